The minimum absolute atomic E-state index is 0.0454. The van der Waals surface area contributed by atoms with Crippen LogP contribution >= 0.6 is 23.2 Å². The van der Waals surface area contributed by atoms with Crippen LogP contribution in [0.1, 0.15) is 39.2 Å². The highest BCUT2D eigenvalue weighted by Gasteiger charge is 2.27. The van der Waals surface area contributed by atoms with Gasteiger partial charge in [0.1, 0.15) is 6.04 Å². The quantitative estimate of drug-likeness (QED) is 0.427. The van der Waals surface area contributed by atoms with Gasteiger partial charge in [-0.3, -0.25) is 13.9 Å². The Kier molecular flexibility index (Phi) is 10.9. The van der Waals surface area contributed by atoms with Crippen LogP contribution in [-0.4, -0.2) is 56.6 Å². The third kappa shape index (κ3) is 9.02. The molecule has 2 aromatic carbocycles. The van der Waals surface area contributed by atoms with Gasteiger partial charge in [0, 0.05) is 30.6 Å². The molecule has 0 aliphatic carbocycles. The molecule has 1 unspecified atom stereocenters. The summed E-state index contributed by atoms with van der Waals surface area (Å²) < 4.78 is 26.0. The predicted octanol–water partition coefficient (Wildman–Crippen LogP) is 4.52. The molecule has 35 heavy (non-hydrogen) atoms. The van der Waals surface area contributed by atoms with Crippen LogP contribution in [0.3, 0.4) is 0 Å². The molecule has 10 heteroatoms. The SMILES string of the molecule is CC(C)NC(=O)C(C)N(CCc1ccccc1)C(=O)CCCN(c1cc(Cl)ccc1Cl)S(C)(=O)=O. The maximum atomic E-state index is 13.2. The van der Waals surface area contributed by atoms with Gasteiger partial charge in [0.05, 0.1) is 17.0 Å². The van der Waals surface area contributed by atoms with E-state index >= 15 is 0 Å². The number of sulfonamides is 1. The van der Waals surface area contributed by atoms with Gasteiger partial charge in [0.25, 0.3) is 0 Å². The first-order valence-corrected chi connectivity index (χ1v) is 14.1. The Bertz CT molecular complexity index is 1110. The topological polar surface area (TPSA) is 86.8 Å². The van der Waals surface area contributed by atoms with Gasteiger partial charge in [-0.15, -0.1) is 0 Å². The Morgan fingerprint density at radius 2 is 1.66 bits per heavy atom. The Morgan fingerprint density at radius 3 is 2.26 bits per heavy atom. The number of carbonyl (C=O) groups excluding carboxylic acids is 2. The highest BCUT2D eigenvalue weighted by molar-refractivity contribution is 7.92. The van der Waals surface area contributed by atoms with Crippen molar-refractivity contribution in [2.24, 2.45) is 0 Å². The largest absolute Gasteiger partial charge is 0.352 e. The number of nitrogens with zero attached hydrogens (tertiary/aromatic N) is 2. The molecular weight excluding hydrogens is 509 g/mol. The van der Waals surface area contributed by atoms with Gasteiger partial charge in [-0.05, 0) is 57.4 Å². The number of nitrogens with one attached hydrogen (secondary N) is 1. The van der Waals surface area contributed by atoms with E-state index in [1.165, 1.54) is 12.1 Å². The van der Waals surface area contributed by atoms with Crippen molar-refractivity contribution in [3.8, 4) is 0 Å². The molecule has 0 spiro atoms. The predicted molar refractivity (Wildman–Crippen MR) is 142 cm³/mol. The molecule has 0 aromatic heterocycles. The third-order valence-electron chi connectivity index (χ3n) is 5.41. The van der Waals surface area contributed by atoms with Crippen molar-refractivity contribution in [1.29, 1.82) is 0 Å². The number of carbonyl (C=O) groups is 2. The molecule has 0 fully saturated rings. The molecule has 2 amide bonds. The average molecular weight is 543 g/mol. The average Bonchev–Trinajstić information content (AvgIpc) is 2.78. The first-order chi connectivity index (χ1) is 16.4. The summed E-state index contributed by atoms with van der Waals surface area (Å²) in [4.78, 5) is 27.4. The normalized spacial score (nSPS) is 12.3. The Balaban J connectivity index is 2.14. The lowest BCUT2D eigenvalue weighted by molar-refractivity contribution is -0.140. The first kappa shape index (κ1) is 28.9. The fourth-order valence-electron chi connectivity index (χ4n) is 3.63. The molecule has 0 aliphatic heterocycles. The van der Waals surface area contributed by atoms with Gasteiger partial charge in [0.15, 0.2) is 0 Å². The molecule has 1 N–H and O–H groups in total. The fraction of sp³-hybridized carbons (Fsp3) is 0.440. The molecule has 0 saturated heterocycles. The van der Waals surface area contributed by atoms with Crippen molar-refractivity contribution in [2.75, 3.05) is 23.7 Å². The number of hydrogen-bond acceptors (Lipinski definition) is 4. The molecule has 0 radical (unpaired) electrons. The second-order valence-electron chi connectivity index (χ2n) is 8.70. The molecule has 0 saturated carbocycles. The summed E-state index contributed by atoms with van der Waals surface area (Å²) in [6, 6.07) is 13.6. The molecule has 0 aliphatic rings. The standard InChI is InChI=1S/C25H33Cl2N3O4S/c1-18(2)28-25(32)19(3)29(16-14-20-9-6-5-7-10-20)24(31)11-8-15-30(35(4,33)34)23-17-21(26)12-13-22(23)27/h5-7,9-10,12-13,17-19H,8,11,14-16H2,1-4H3,(H,28,32). The molecule has 1 atom stereocenters. The van der Waals surface area contributed by atoms with Gasteiger partial charge in [-0.25, -0.2) is 8.42 Å². The van der Waals surface area contributed by atoms with E-state index in [2.05, 4.69) is 5.32 Å². The van der Waals surface area contributed by atoms with Gasteiger partial charge in [0.2, 0.25) is 21.8 Å². The Labute approximate surface area is 218 Å². The first-order valence-electron chi connectivity index (χ1n) is 11.5. The summed E-state index contributed by atoms with van der Waals surface area (Å²) in [5.74, 6) is -0.456. The zero-order chi connectivity index (χ0) is 26.2. The van der Waals surface area contributed by atoms with E-state index in [0.29, 0.717) is 18.0 Å². The van der Waals surface area contributed by atoms with Gasteiger partial charge in [-0.2, -0.15) is 0 Å². The molecule has 2 aromatic rings. The van der Waals surface area contributed by atoms with Crippen LogP contribution in [0, 0.1) is 0 Å². The lowest BCUT2D eigenvalue weighted by Gasteiger charge is -2.30. The summed E-state index contributed by atoms with van der Waals surface area (Å²) >= 11 is 12.3. The van der Waals surface area contributed by atoms with Crippen LogP contribution in [0.4, 0.5) is 5.69 Å². The lowest BCUT2D eigenvalue weighted by atomic mass is 10.1. The second-order valence-corrected chi connectivity index (χ2v) is 11.4. The van der Waals surface area contributed by atoms with Crippen LogP contribution < -0.4 is 9.62 Å². The van der Waals surface area contributed by atoms with Gasteiger partial charge in [-0.1, -0.05) is 53.5 Å². The van der Waals surface area contributed by atoms with Gasteiger partial charge < -0.3 is 10.2 Å². The van der Waals surface area contributed by atoms with Crippen molar-refractivity contribution in [1.82, 2.24) is 10.2 Å². The number of benzene rings is 2. The van der Waals surface area contributed by atoms with E-state index in [0.717, 1.165) is 16.1 Å². The zero-order valence-electron chi connectivity index (χ0n) is 20.5. The Hall–Kier alpha value is -2.29. The lowest BCUT2D eigenvalue weighted by Crippen LogP contribution is -2.50. The molecule has 0 bridgehead atoms. The van der Waals surface area contributed by atoms with Crippen LogP contribution in [-0.2, 0) is 26.0 Å². The maximum absolute atomic E-state index is 13.2. The summed E-state index contributed by atoms with van der Waals surface area (Å²) in [6.45, 7) is 5.84. The highest BCUT2D eigenvalue weighted by atomic mass is 35.5. The number of rotatable bonds is 12. The van der Waals surface area contributed by atoms with E-state index in [-0.39, 0.29) is 48.0 Å². The van der Waals surface area contributed by atoms with E-state index in [9.17, 15) is 18.0 Å². The number of anilines is 1. The minimum Gasteiger partial charge on any atom is -0.352 e. The Morgan fingerprint density at radius 1 is 1.00 bits per heavy atom. The smallest absolute Gasteiger partial charge is 0.242 e. The van der Waals surface area contributed by atoms with Crippen molar-refractivity contribution >= 4 is 50.7 Å². The summed E-state index contributed by atoms with van der Waals surface area (Å²) in [5, 5.41) is 3.45. The van der Waals surface area contributed by atoms with E-state index in [4.69, 9.17) is 23.2 Å². The number of hydrogen-bond donors (Lipinski definition) is 1. The minimum atomic E-state index is -3.66. The highest BCUT2D eigenvalue weighted by Crippen LogP contribution is 2.31. The molecule has 0 heterocycles. The zero-order valence-corrected chi connectivity index (χ0v) is 22.8. The molecular formula is C25H33Cl2N3O4S. The van der Waals surface area contributed by atoms with Crippen molar-refractivity contribution in [3.63, 3.8) is 0 Å². The van der Waals surface area contributed by atoms with E-state index in [1.54, 1.807) is 17.9 Å². The number of halogens is 2. The second kappa shape index (κ2) is 13.1. The number of amides is 2. The van der Waals surface area contributed by atoms with Crippen molar-refractivity contribution in [3.05, 3.63) is 64.1 Å². The van der Waals surface area contributed by atoms with E-state index < -0.39 is 16.1 Å². The van der Waals surface area contributed by atoms with Crippen LogP contribution in [0.25, 0.3) is 0 Å². The monoisotopic (exact) mass is 541 g/mol. The van der Waals surface area contributed by atoms with Crippen LogP contribution in [0.15, 0.2) is 48.5 Å². The van der Waals surface area contributed by atoms with Crippen molar-refractivity contribution < 1.29 is 18.0 Å². The van der Waals surface area contributed by atoms with Crippen LogP contribution in [0.2, 0.25) is 10.0 Å². The molecule has 2 rings (SSSR count). The summed E-state index contributed by atoms with van der Waals surface area (Å²) in [6.07, 6.45) is 1.99. The fourth-order valence-corrected chi connectivity index (χ4v) is 5.04. The van der Waals surface area contributed by atoms with Crippen LogP contribution in [0.5, 0.6) is 0 Å². The summed E-state index contributed by atoms with van der Waals surface area (Å²) in [5.41, 5.74) is 1.32. The maximum Gasteiger partial charge on any atom is 0.242 e. The van der Waals surface area contributed by atoms with E-state index in [1.807, 2.05) is 44.2 Å². The molecule has 192 valence electrons. The van der Waals surface area contributed by atoms with Crippen molar-refractivity contribution in [2.45, 2.75) is 52.1 Å². The van der Waals surface area contributed by atoms with Gasteiger partial charge >= 0.3 is 0 Å². The molecule has 7 nitrogen and oxygen atoms in total. The summed E-state index contributed by atoms with van der Waals surface area (Å²) in [7, 11) is -3.66. The third-order valence-corrected chi connectivity index (χ3v) is 7.15.